The number of hydroxylamine groups is 1. The number of hydrogen-bond donors (Lipinski definition) is 3. The molecule has 0 bridgehead atoms. The maximum Gasteiger partial charge on any atom is 0.414 e. The summed E-state index contributed by atoms with van der Waals surface area (Å²) in [5.74, 6) is -5.27. The number of carboxylic acids is 2. The Balaban J connectivity index is 2.27. The first-order valence-corrected chi connectivity index (χ1v) is 10.7. The third kappa shape index (κ3) is 7.06. The molecule has 2 unspecified atom stereocenters. The van der Waals surface area contributed by atoms with Crippen LogP contribution in [0.5, 0.6) is 5.75 Å². The van der Waals surface area contributed by atoms with Crippen LogP contribution in [0.2, 0.25) is 0 Å². The highest BCUT2D eigenvalue weighted by Crippen LogP contribution is 2.41. The van der Waals surface area contributed by atoms with Gasteiger partial charge in [-0.15, -0.1) is 0 Å². The van der Waals surface area contributed by atoms with E-state index >= 15 is 0 Å². The van der Waals surface area contributed by atoms with Gasteiger partial charge in [-0.05, 0) is 25.0 Å². The van der Waals surface area contributed by atoms with Gasteiger partial charge in [0.05, 0.1) is 32.2 Å². The van der Waals surface area contributed by atoms with Gasteiger partial charge in [0, 0.05) is 32.0 Å². The van der Waals surface area contributed by atoms with Crippen molar-refractivity contribution in [3.63, 3.8) is 0 Å². The lowest BCUT2D eigenvalue weighted by atomic mass is 9.96. The van der Waals surface area contributed by atoms with Gasteiger partial charge in [-0.1, -0.05) is 6.07 Å². The van der Waals surface area contributed by atoms with E-state index in [1.165, 1.54) is 18.1 Å². The zero-order valence-corrected chi connectivity index (χ0v) is 19.6. The molecule has 0 fully saturated rings. The first kappa shape index (κ1) is 27.4. The van der Waals surface area contributed by atoms with Crippen LogP contribution in [0.1, 0.15) is 44.1 Å². The molecule has 13 heteroatoms. The van der Waals surface area contributed by atoms with Crippen molar-refractivity contribution in [1.29, 1.82) is 0 Å². The van der Waals surface area contributed by atoms with Crippen molar-refractivity contribution in [2.24, 2.45) is 0 Å². The fraction of sp³-hybridized carbons (Fsp3) is 0.500. The van der Waals surface area contributed by atoms with E-state index in [-0.39, 0.29) is 24.6 Å². The number of rotatable bonds is 11. The molecule has 1 aromatic rings. The van der Waals surface area contributed by atoms with E-state index in [0.717, 1.165) is 5.06 Å². The summed E-state index contributed by atoms with van der Waals surface area (Å²) in [6.45, 7) is 2.25. The number of aliphatic carboxylic acids is 2. The normalized spacial score (nSPS) is 16.0. The summed E-state index contributed by atoms with van der Waals surface area (Å²) in [6.07, 6.45) is -2.53. The van der Waals surface area contributed by atoms with Gasteiger partial charge in [0.25, 0.3) is 0 Å². The summed E-state index contributed by atoms with van der Waals surface area (Å²) in [4.78, 5) is 65.1. The minimum absolute atomic E-state index is 0.0781. The summed E-state index contributed by atoms with van der Waals surface area (Å²) < 4.78 is 9.98. The molecule has 1 aliphatic heterocycles. The van der Waals surface area contributed by atoms with Crippen LogP contribution in [0, 0.1) is 0 Å². The number of aliphatic hydroxyl groups is 1. The van der Waals surface area contributed by atoms with Gasteiger partial charge >= 0.3 is 30.0 Å². The van der Waals surface area contributed by atoms with Gasteiger partial charge in [-0.25, -0.2) is 19.4 Å². The molecule has 1 aromatic carbocycles. The molecular weight excluding hydrogens is 468 g/mol. The molecule has 1 heterocycles. The SMILES string of the molecule is CCN(C)C(=O)Oc1ccc2c(c1)N(OC(=O)CC(O)(CC(=O)O)C(=O)O)CC2CCC(=O)OC. The number of ether oxygens (including phenoxy) is 2. The van der Waals surface area contributed by atoms with E-state index in [4.69, 9.17) is 14.7 Å². The summed E-state index contributed by atoms with van der Waals surface area (Å²) in [7, 11) is 2.81. The molecular formula is C22H28N2O11. The maximum absolute atomic E-state index is 12.5. The molecule has 0 aliphatic carbocycles. The summed E-state index contributed by atoms with van der Waals surface area (Å²) >= 11 is 0. The number of nitrogens with zero attached hydrogens (tertiary/aromatic N) is 2. The number of amides is 1. The number of methoxy groups -OCH3 is 1. The highest BCUT2D eigenvalue weighted by molar-refractivity contribution is 5.89. The quantitative estimate of drug-likeness (QED) is 0.372. The Morgan fingerprint density at radius 3 is 2.40 bits per heavy atom. The number of fused-ring (bicyclic) bond motifs is 1. The van der Waals surface area contributed by atoms with Gasteiger partial charge in [0.1, 0.15) is 5.75 Å². The molecule has 2 rings (SSSR count). The van der Waals surface area contributed by atoms with Gasteiger partial charge in [0.15, 0.2) is 5.60 Å². The van der Waals surface area contributed by atoms with E-state index in [1.807, 2.05) is 0 Å². The lowest BCUT2D eigenvalue weighted by Crippen LogP contribution is -2.44. The van der Waals surface area contributed by atoms with E-state index < -0.39 is 48.4 Å². The smallest absolute Gasteiger partial charge is 0.414 e. The second-order valence-corrected chi connectivity index (χ2v) is 8.02. The molecule has 2 atom stereocenters. The highest BCUT2D eigenvalue weighted by atomic mass is 16.7. The van der Waals surface area contributed by atoms with Crippen LogP contribution in [0.3, 0.4) is 0 Å². The lowest BCUT2D eigenvalue weighted by molar-refractivity contribution is -0.172. The van der Waals surface area contributed by atoms with Crippen molar-refractivity contribution in [3.05, 3.63) is 23.8 Å². The number of carboxylic acid groups (broad SMARTS) is 2. The summed E-state index contributed by atoms with van der Waals surface area (Å²) in [5, 5.41) is 29.3. The van der Waals surface area contributed by atoms with Gasteiger partial charge in [-0.2, -0.15) is 0 Å². The van der Waals surface area contributed by atoms with Crippen molar-refractivity contribution in [2.45, 2.75) is 44.1 Å². The van der Waals surface area contributed by atoms with E-state index in [2.05, 4.69) is 4.74 Å². The number of hydrogen-bond acceptors (Lipinski definition) is 10. The Morgan fingerprint density at radius 2 is 1.83 bits per heavy atom. The summed E-state index contributed by atoms with van der Waals surface area (Å²) in [6, 6.07) is 4.65. The number of carbonyl (C=O) groups excluding carboxylic acids is 3. The molecule has 3 N–H and O–H groups in total. The Bertz CT molecular complexity index is 996. The number of esters is 1. The fourth-order valence-electron chi connectivity index (χ4n) is 3.44. The van der Waals surface area contributed by atoms with Crippen LogP contribution in [-0.4, -0.2) is 83.0 Å². The molecule has 13 nitrogen and oxygen atoms in total. The standard InChI is InChI=1S/C22H28N2O11/c1-4-23(2)21(31)34-14-6-7-15-13(5-8-18(27)33-3)12-24(16(15)9-14)35-19(28)11-22(32,20(29)30)10-17(25)26/h6-7,9,13,32H,4-5,8,10-12H2,1-3H3,(H,25,26)(H,29,30). The van der Waals surface area contributed by atoms with Crippen LogP contribution >= 0.6 is 0 Å². The number of carbonyl (C=O) groups is 5. The molecule has 192 valence electrons. The zero-order valence-electron chi connectivity index (χ0n) is 19.6. The average Bonchev–Trinajstić information content (AvgIpc) is 3.12. The predicted molar refractivity (Wildman–Crippen MR) is 118 cm³/mol. The van der Waals surface area contributed by atoms with Crippen LogP contribution in [-0.2, 0) is 28.8 Å². The molecule has 0 saturated carbocycles. The monoisotopic (exact) mass is 496 g/mol. The molecule has 0 radical (unpaired) electrons. The van der Waals surface area contributed by atoms with Crippen molar-refractivity contribution >= 4 is 35.7 Å². The third-order valence-corrected chi connectivity index (χ3v) is 5.50. The largest absolute Gasteiger partial charge is 0.481 e. The van der Waals surface area contributed by atoms with Crippen molar-refractivity contribution < 1.29 is 53.6 Å². The number of benzene rings is 1. The van der Waals surface area contributed by atoms with Crippen LogP contribution in [0.4, 0.5) is 10.5 Å². The first-order chi connectivity index (χ1) is 16.4. The maximum atomic E-state index is 12.5. The molecule has 0 saturated heterocycles. The Morgan fingerprint density at radius 1 is 1.14 bits per heavy atom. The minimum atomic E-state index is -2.86. The van der Waals surface area contributed by atoms with Crippen LogP contribution in [0.25, 0.3) is 0 Å². The number of anilines is 1. The van der Waals surface area contributed by atoms with E-state index in [9.17, 15) is 34.2 Å². The molecule has 0 aromatic heterocycles. The molecule has 0 spiro atoms. The summed E-state index contributed by atoms with van der Waals surface area (Å²) in [5.41, 5.74) is -1.86. The topological polar surface area (TPSA) is 180 Å². The molecule has 35 heavy (non-hydrogen) atoms. The Hall–Kier alpha value is -3.87. The third-order valence-electron chi connectivity index (χ3n) is 5.50. The lowest BCUT2D eigenvalue weighted by Gasteiger charge is -2.23. The van der Waals surface area contributed by atoms with E-state index in [0.29, 0.717) is 24.2 Å². The average molecular weight is 496 g/mol. The van der Waals surface area contributed by atoms with Crippen molar-refractivity contribution in [3.8, 4) is 5.75 Å². The Kier molecular flexibility index (Phi) is 9.00. The Labute approximate surface area is 200 Å². The fourth-order valence-corrected chi connectivity index (χ4v) is 3.44. The molecule has 1 amide bonds. The van der Waals surface area contributed by atoms with Gasteiger partial charge in [0.2, 0.25) is 0 Å². The second kappa shape index (κ2) is 11.5. The first-order valence-electron chi connectivity index (χ1n) is 10.7. The van der Waals surface area contributed by atoms with Gasteiger partial charge in [-0.3, -0.25) is 9.59 Å². The van der Waals surface area contributed by atoms with Gasteiger partial charge < -0.3 is 34.5 Å². The predicted octanol–water partition coefficient (Wildman–Crippen LogP) is 1.13. The zero-order chi connectivity index (χ0) is 26.3. The van der Waals surface area contributed by atoms with E-state index in [1.54, 1.807) is 26.1 Å². The van der Waals surface area contributed by atoms with Crippen molar-refractivity contribution in [2.75, 3.05) is 32.3 Å². The van der Waals surface area contributed by atoms with Crippen molar-refractivity contribution in [1.82, 2.24) is 4.90 Å². The second-order valence-electron chi connectivity index (χ2n) is 8.02. The molecule has 1 aliphatic rings. The minimum Gasteiger partial charge on any atom is -0.481 e. The highest BCUT2D eigenvalue weighted by Gasteiger charge is 2.42. The van der Waals surface area contributed by atoms with Crippen LogP contribution in [0.15, 0.2) is 18.2 Å². The van der Waals surface area contributed by atoms with Crippen LogP contribution < -0.4 is 9.80 Å².